The summed E-state index contributed by atoms with van der Waals surface area (Å²) in [6.45, 7) is 0.286. The zero-order valence-electron chi connectivity index (χ0n) is 14.4. The Hall–Kier alpha value is -3.19. The summed E-state index contributed by atoms with van der Waals surface area (Å²) in [5.74, 6) is 0.0210. The Morgan fingerprint density at radius 1 is 0.963 bits per heavy atom. The van der Waals surface area contributed by atoms with Crippen LogP contribution in [0, 0.1) is 0 Å². The Morgan fingerprint density at radius 2 is 1.67 bits per heavy atom. The van der Waals surface area contributed by atoms with Crippen molar-refractivity contribution in [3.8, 4) is 11.1 Å². The molecule has 136 valence electrons. The molecule has 0 radical (unpaired) electrons. The topological polar surface area (TPSA) is 78.8 Å². The first-order chi connectivity index (χ1) is 13.0. The zero-order chi connectivity index (χ0) is 18.9. The van der Waals surface area contributed by atoms with Crippen molar-refractivity contribution in [2.75, 3.05) is 17.6 Å². The summed E-state index contributed by atoms with van der Waals surface area (Å²) in [6.07, 6.45) is 4.75. The van der Waals surface area contributed by atoms with E-state index in [-0.39, 0.29) is 18.2 Å². The average molecular weight is 379 g/mol. The first-order valence-corrected chi connectivity index (χ1v) is 10.1. The molecule has 0 spiro atoms. The van der Waals surface area contributed by atoms with Crippen LogP contribution in [0.5, 0.6) is 0 Å². The number of hydrogen-bond acceptors (Lipinski definition) is 4. The van der Waals surface area contributed by atoms with Crippen molar-refractivity contribution in [2.24, 2.45) is 4.40 Å². The lowest BCUT2D eigenvalue weighted by Crippen LogP contribution is -2.37. The fourth-order valence-corrected chi connectivity index (χ4v) is 3.88. The molecule has 0 aliphatic carbocycles. The summed E-state index contributed by atoms with van der Waals surface area (Å²) in [5, 5.41) is 2.86. The van der Waals surface area contributed by atoms with Crippen molar-refractivity contribution in [1.82, 2.24) is 4.90 Å². The SMILES string of the molecule is O=C(Nc1ccc(-c2ccccc2)cc1)C1=CN2CCS(=O)(=O)N=C2C=C1. The van der Waals surface area contributed by atoms with Crippen LogP contribution in [0.4, 0.5) is 5.69 Å². The number of sulfonamides is 1. The number of nitrogens with one attached hydrogen (secondary N) is 1. The number of benzene rings is 2. The Morgan fingerprint density at radius 3 is 2.41 bits per heavy atom. The second-order valence-electron chi connectivity index (χ2n) is 6.24. The maximum Gasteiger partial charge on any atom is 0.257 e. The minimum atomic E-state index is -3.40. The third kappa shape index (κ3) is 3.83. The number of anilines is 1. The smallest absolute Gasteiger partial charge is 0.257 e. The largest absolute Gasteiger partial charge is 0.330 e. The highest BCUT2D eigenvalue weighted by Gasteiger charge is 2.24. The molecule has 0 atom stereocenters. The third-order valence-electron chi connectivity index (χ3n) is 4.34. The van der Waals surface area contributed by atoms with E-state index in [4.69, 9.17) is 0 Å². The molecule has 0 saturated heterocycles. The Kier molecular flexibility index (Phi) is 4.37. The molecule has 6 nitrogen and oxygen atoms in total. The van der Waals surface area contributed by atoms with Crippen molar-refractivity contribution >= 4 is 27.5 Å². The Labute approximate surface area is 157 Å². The Balaban J connectivity index is 1.47. The number of hydrogen-bond donors (Lipinski definition) is 1. The summed E-state index contributed by atoms with van der Waals surface area (Å²) < 4.78 is 26.8. The highest BCUT2D eigenvalue weighted by atomic mass is 32.2. The van der Waals surface area contributed by atoms with Crippen molar-refractivity contribution < 1.29 is 13.2 Å². The molecule has 7 heteroatoms. The third-order valence-corrected chi connectivity index (χ3v) is 5.50. The molecule has 0 fully saturated rings. The van der Waals surface area contributed by atoms with Crippen molar-refractivity contribution in [2.45, 2.75) is 0 Å². The van der Waals surface area contributed by atoms with Crippen LogP contribution in [-0.2, 0) is 14.8 Å². The lowest BCUT2D eigenvalue weighted by atomic mass is 10.1. The van der Waals surface area contributed by atoms with Crippen LogP contribution in [0.25, 0.3) is 11.1 Å². The van der Waals surface area contributed by atoms with Crippen LogP contribution in [-0.4, -0.2) is 37.4 Å². The zero-order valence-corrected chi connectivity index (χ0v) is 15.2. The van der Waals surface area contributed by atoms with Gasteiger partial charge in [-0.3, -0.25) is 4.79 Å². The number of amidine groups is 1. The molecule has 0 aromatic heterocycles. The van der Waals surface area contributed by atoms with Crippen molar-refractivity contribution in [3.63, 3.8) is 0 Å². The molecule has 0 unspecified atom stereocenters. The van der Waals surface area contributed by atoms with E-state index in [1.54, 1.807) is 23.3 Å². The fourth-order valence-electron chi connectivity index (χ4n) is 2.92. The van der Waals surface area contributed by atoms with Gasteiger partial charge in [-0.2, -0.15) is 0 Å². The molecule has 1 amide bonds. The van der Waals surface area contributed by atoms with Crippen LogP contribution in [0.2, 0.25) is 0 Å². The van der Waals surface area contributed by atoms with Gasteiger partial charge in [-0.25, -0.2) is 8.42 Å². The molecule has 27 heavy (non-hydrogen) atoms. The van der Waals surface area contributed by atoms with Crippen LogP contribution in [0.3, 0.4) is 0 Å². The summed E-state index contributed by atoms with van der Waals surface area (Å²) in [7, 11) is -3.40. The van der Waals surface area contributed by atoms with Gasteiger partial charge in [-0.05, 0) is 35.4 Å². The second-order valence-corrected chi connectivity index (χ2v) is 8.00. The predicted molar refractivity (Wildman–Crippen MR) is 106 cm³/mol. The number of carbonyl (C=O) groups is 1. The average Bonchev–Trinajstić information content (AvgIpc) is 2.68. The monoisotopic (exact) mass is 379 g/mol. The van der Waals surface area contributed by atoms with E-state index in [9.17, 15) is 13.2 Å². The molecule has 2 aromatic rings. The van der Waals surface area contributed by atoms with Gasteiger partial charge in [0, 0.05) is 18.4 Å². The number of fused-ring (bicyclic) bond motifs is 1. The van der Waals surface area contributed by atoms with Gasteiger partial charge in [0.15, 0.2) is 0 Å². The Bertz CT molecular complexity index is 1070. The molecule has 2 aliphatic heterocycles. The van der Waals surface area contributed by atoms with Gasteiger partial charge < -0.3 is 10.2 Å². The van der Waals surface area contributed by atoms with E-state index in [1.165, 1.54) is 0 Å². The van der Waals surface area contributed by atoms with Crippen molar-refractivity contribution in [3.05, 3.63) is 78.5 Å². The molecular weight excluding hydrogens is 362 g/mol. The quantitative estimate of drug-likeness (QED) is 0.889. The number of nitrogens with zero attached hydrogens (tertiary/aromatic N) is 2. The normalized spacial score (nSPS) is 17.6. The molecule has 2 aliphatic rings. The maximum atomic E-state index is 12.5. The van der Waals surface area contributed by atoms with Gasteiger partial charge in [0.1, 0.15) is 5.84 Å². The van der Waals surface area contributed by atoms with Crippen LogP contribution < -0.4 is 5.32 Å². The minimum Gasteiger partial charge on any atom is -0.330 e. The van der Waals surface area contributed by atoms with Gasteiger partial charge in [0.2, 0.25) is 0 Å². The fraction of sp³-hybridized carbons (Fsp3) is 0.100. The van der Waals surface area contributed by atoms with E-state index in [0.717, 1.165) is 11.1 Å². The highest BCUT2D eigenvalue weighted by Crippen LogP contribution is 2.22. The highest BCUT2D eigenvalue weighted by molar-refractivity contribution is 7.90. The summed E-state index contributed by atoms with van der Waals surface area (Å²) in [4.78, 5) is 14.2. The standard InChI is InChI=1S/C20H17N3O3S/c24-20(17-8-11-19-22-27(25,26)13-12-23(19)14-17)21-18-9-6-16(7-10-18)15-4-2-1-3-5-15/h1-11,14H,12-13H2,(H,21,24). The van der Waals surface area contributed by atoms with Crippen LogP contribution >= 0.6 is 0 Å². The van der Waals surface area contributed by atoms with E-state index in [2.05, 4.69) is 9.71 Å². The summed E-state index contributed by atoms with van der Waals surface area (Å²) in [5.41, 5.74) is 3.32. The van der Waals surface area contributed by atoms with E-state index >= 15 is 0 Å². The lowest BCUT2D eigenvalue weighted by Gasteiger charge is -2.26. The lowest BCUT2D eigenvalue weighted by molar-refractivity contribution is -0.112. The van der Waals surface area contributed by atoms with Crippen LogP contribution in [0.15, 0.2) is 82.9 Å². The van der Waals surface area contributed by atoms with Gasteiger partial charge in [0.05, 0.1) is 11.3 Å². The molecule has 1 N–H and O–H groups in total. The summed E-state index contributed by atoms with van der Waals surface area (Å²) in [6, 6.07) is 17.6. The maximum absolute atomic E-state index is 12.5. The predicted octanol–water partition coefficient (Wildman–Crippen LogP) is 2.79. The molecule has 2 heterocycles. The number of rotatable bonds is 3. The number of carbonyl (C=O) groups excluding carboxylic acids is 1. The van der Waals surface area contributed by atoms with E-state index in [1.807, 2.05) is 54.6 Å². The molecule has 0 bridgehead atoms. The second kappa shape index (κ2) is 6.85. The molecule has 2 aromatic carbocycles. The van der Waals surface area contributed by atoms with E-state index < -0.39 is 10.0 Å². The van der Waals surface area contributed by atoms with Gasteiger partial charge >= 0.3 is 0 Å². The van der Waals surface area contributed by atoms with Crippen molar-refractivity contribution in [1.29, 1.82) is 0 Å². The first kappa shape index (κ1) is 17.2. The van der Waals surface area contributed by atoms with Gasteiger partial charge in [0.25, 0.3) is 15.9 Å². The van der Waals surface area contributed by atoms with Gasteiger partial charge in [-0.15, -0.1) is 4.40 Å². The molecule has 4 rings (SSSR count). The minimum absolute atomic E-state index is 0.0588. The van der Waals surface area contributed by atoms with E-state index in [0.29, 0.717) is 17.1 Å². The number of amides is 1. The first-order valence-electron chi connectivity index (χ1n) is 8.46. The van der Waals surface area contributed by atoms with Gasteiger partial charge in [-0.1, -0.05) is 42.5 Å². The summed E-state index contributed by atoms with van der Waals surface area (Å²) >= 11 is 0. The molecular formula is C20H17N3O3S. The molecule has 0 saturated carbocycles. The van der Waals surface area contributed by atoms with Crippen LogP contribution in [0.1, 0.15) is 0 Å².